The van der Waals surface area contributed by atoms with Crippen molar-refractivity contribution in [2.24, 2.45) is 5.73 Å². The number of benzene rings is 1. The zero-order chi connectivity index (χ0) is 13.3. The smallest absolute Gasteiger partial charge is 0.0889 e. The predicted molar refractivity (Wildman–Crippen MR) is 77.3 cm³/mol. The van der Waals surface area contributed by atoms with E-state index in [-0.39, 0.29) is 0 Å². The quantitative estimate of drug-likeness (QED) is 0.772. The molecule has 0 fully saturated rings. The molecule has 4 N–H and O–H groups in total. The molecule has 0 aliphatic rings. The van der Waals surface area contributed by atoms with Gasteiger partial charge in [-0.25, -0.2) is 0 Å². The third-order valence-corrected chi connectivity index (χ3v) is 3.19. The number of aryl methyl sites for hydroxylation is 1. The van der Waals surface area contributed by atoms with E-state index in [0.29, 0.717) is 18.3 Å². The molecule has 1 aromatic heterocycles. The Morgan fingerprint density at radius 3 is 2.72 bits per heavy atom. The van der Waals surface area contributed by atoms with Crippen molar-refractivity contribution >= 4 is 10.9 Å². The SMILES string of the molecule is C=C(N)NCc1cc2cc(C)c(C(C)C)cc2[nH]1. The molecule has 0 spiro atoms. The molecule has 2 aromatic rings. The summed E-state index contributed by atoms with van der Waals surface area (Å²) >= 11 is 0. The van der Waals surface area contributed by atoms with Crippen molar-refractivity contribution in [3.8, 4) is 0 Å². The van der Waals surface area contributed by atoms with Gasteiger partial charge in [-0.05, 0) is 47.6 Å². The summed E-state index contributed by atoms with van der Waals surface area (Å²) in [6, 6.07) is 6.64. The van der Waals surface area contributed by atoms with Gasteiger partial charge in [0.2, 0.25) is 0 Å². The van der Waals surface area contributed by atoms with Crippen LogP contribution in [-0.2, 0) is 6.54 Å². The second kappa shape index (κ2) is 4.77. The van der Waals surface area contributed by atoms with E-state index in [9.17, 15) is 0 Å². The first kappa shape index (κ1) is 12.6. The monoisotopic (exact) mass is 243 g/mol. The van der Waals surface area contributed by atoms with Gasteiger partial charge in [-0.15, -0.1) is 0 Å². The molecule has 2 rings (SSSR count). The number of aromatic amines is 1. The third-order valence-electron chi connectivity index (χ3n) is 3.19. The van der Waals surface area contributed by atoms with Gasteiger partial charge in [0.05, 0.1) is 12.4 Å². The van der Waals surface area contributed by atoms with Gasteiger partial charge in [0, 0.05) is 11.2 Å². The van der Waals surface area contributed by atoms with Gasteiger partial charge in [-0.3, -0.25) is 0 Å². The summed E-state index contributed by atoms with van der Waals surface area (Å²) < 4.78 is 0. The second-order valence-electron chi connectivity index (χ2n) is 5.12. The number of hydrogen-bond donors (Lipinski definition) is 3. The fourth-order valence-corrected chi connectivity index (χ4v) is 2.30. The lowest BCUT2D eigenvalue weighted by molar-refractivity contribution is 0.788. The Morgan fingerprint density at radius 1 is 1.39 bits per heavy atom. The Bertz CT molecular complexity index is 579. The fourth-order valence-electron chi connectivity index (χ4n) is 2.30. The van der Waals surface area contributed by atoms with Crippen molar-refractivity contribution in [1.82, 2.24) is 10.3 Å². The number of aromatic nitrogens is 1. The van der Waals surface area contributed by atoms with Crippen LogP contribution in [0.5, 0.6) is 0 Å². The minimum absolute atomic E-state index is 0.493. The molecule has 1 aromatic carbocycles. The number of rotatable bonds is 4. The van der Waals surface area contributed by atoms with Crippen LogP contribution in [0.25, 0.3) is 10.9 Å². The van der Waals surface area contributed by atoms with Crippen molar-refractivity contribution in [2.45, 2.75) is 33.2 Å². The maximum atomic E-state index is 5.50. The lowest BCUT2D eigenvalue weighted by Crippen LogP contribution is -2.18. The summed E-state index contributed by atoms with van der Waals surface area (Å²) in [5.41, 5.74) is 10.6. The minimum Gasteiger partial charge on any atom is -0.386 e. The third kappa shape index (κ3) is 2.50. The molecule has 1 heterocycles. The molecule has 0 amide bonds. The summed E-state index contributed by atoms with van der Waals surface area (Å²) in [5, 5.41) is 4.27. The van der Waals surface area contributed by atoms with E-state index in [4.69, 9.17) is 5.73 Å². The first-order valence-electron chi connectivity index (χ1n) is 6.27. The summed E-state index contributed by atoms with van der Waals surface area (Å²) in [6.07, 6.45) is 0. The summed E-state index contributed by atoms with van der Waals surface area (Å²) in [4.78, 5) is 3.41. The lowest BCUT2D eigenvalue weighted by Gasteiger charge is -2.09. The van der Waals surface area contributed by atoms with Crippen LogP contribution in [0.1, 0.15) is 36.6 Å². The lowest BCUT2D eigenvalue weighted by atomic mass is 9.97. The van der Waals surface area contributed by atoms with Crippen LogP contribution >= 0.6 is 0 Å². The van der Waals surface area contributed by atoms with Crippen LogP contribution in [0.4, 0.5) is 0 Å². The van der Waals surface area contributed by atoms with E-state index in [1.54, 1.807) is 0 Å². The molecule has 0 saturated heterocycles. The highest BCUT2D eigenvalue weighted by molar-refractivity contribution is 5.82. The first-order chi connectivity index (χ1) is 8.47. The van der Waals surface area contributed by atoms with E-state index < -0.39 is 0 Å². The number of nitrogens with two attached hydrogens (primary N) is 1. The number of hydrogen-bond acceptors (Lipinski definition) is 2. The average Bonchev–Trinajstić information content (AvgIpc) is 2.66. The zero-order valence-electron chi connectivity index (χ0n) is 11.3. The van der Waals surface area contributed by atoms with Gasteiger partial charge in [0.25, 0.3) is 0 Å². The van der Waals surface area contributed by atoms with E-state index in [2.05, 4.69) is 55.9 Å². The Balaban J connectivity index is 2.36. The minimum atomic E-state index is 0.493. The standard InChI is InChI=1S/C15H21N3/c1-9(2)14-7-15-12(5-10(14)3)6-13(18-15)8-17-11(4)16/h5-7,9,17-18H,4,8,16H2,1-3H3. The summed E-state index contributed by atoms with van der Waals surface area (Å²) in [5.74, 6) is 1.04. The molecular weight excluding hydrogens is 222 g/mol. The van der Waals surface area contributed by atoms with Crippen molar-refractivity contribution < 1.29 is 0 Å². The van der Waals surface area contributed by atoms with Crippen LogP contribution in [0.15, 0.2) is 30.6 Å². The van der Waals surface area contributed by atoms with Gasteiger partial charge in [0.1, 0.15) is 0 Å². The highest BCUT2D eigenvalue weighted by Crippen LogP contribution is 2.25. The largest absolute Gasteiger partial charge is 0.386 e. The molecule has 0 radical (unpaired) electrons. The normalized spacial score (nSPS) is 11.1. The summed E-state index contributed by atoms with van der Waals surface area (Å²) in [7, 11) is 0. The van der Waals surface area contributed by atoms with Crippen molar-refractivity contribution in [3.63, 3.8) is 0 Å². The van der Waals surface area contributed by atoms with Crippen LogP contribution in [0.2, 0.25) is 0 Å². The topological polar surface area (TPSA) is 53.8 Å². The number of nitrogens with one attached hydrogen (secondary N) is 2. The van der Waals surface area contributed by atoms with E-state index in [1.165, 1.54) is 22.0 Å². The van der Waals surface area contributed by atoms with Crippen molar-refractivity contribution in [2.75, 3.05) is 0 Å². The highest BCUT2D eigenvalue weighted by Gasteiger charge is 2.07. The molecule has 3 heteroatoms. The van der Waals surface area contributed by atoms with Gasteiger partial charge >= 0.3 is 0 Å². The molecular formula is C15H21N3. The molecule has 0 saturated carbocycles. The molecule has 0 bridgehead atoms. The van der Waals surface area contributed by atoms with Crippen LogP contribution in [0, 0.1) is 6.92 Å². The molecule has 0 atom stereocenters. The molecule has 3 nitrogen and oxygen atoms in total. The first-order valence-corrected chi connectivity index (χ1v) is 6.27. The highest BCUT2D eigenvalue weighted by atomic mass is 15.0. The van der Waals surface area contributed by atoms with Gasteiger partial charge in [0.15, 0.2) is 0 Å². The molecule has 18 heavy (non-hydrogen) atoms. The molecule has 0 aliphatic carbocycles. The Labute approximate surface area is 108 Å². The average molecular weight is 243 g/mol. The molecule has 96 valence electrons. The predicted octanol–water partition coefficient (Wildman–Crippen LogP) is 3.12. The van der Waals surface area contributed by atoms with Crippen LogP contribution < -0.4 is 11.1 Å². The van der Waals surface area contributed by atoms with Gasteiger partial charge < -0.3 is 16.0 Å². The van der Waals surface area contributed by atoms with E-state index >= 15 is 0 Å². The van der Waals surface area contributed by atoms with Crippen LogP contribution in [0.3, 0.4) is 0 Å². The van der Waals surface area contributed by atoms with Crippen molar-refractivity contribution in [1.29, 1.82) is 0 Å². The van der Waals surface area contributed by atoms with Crippen molar-refractivity contribution in [3.05, 3.63) is 47.4 Å². The van der Waals surface area contributed by atoms with Crippen LogP contribution in [-0.4, -0.2) is 4.98 Å². The molecule has 0 unspecified atom stereocenters. The maximum Gasteiger partial charge on any atom is 0.0889 e. The maximum absolute atomic E-state index is 5.50. The van der Waals surface area contributed by atoms with E-state index in [0.717, 1.165) is 5.69 Å². The number of fused-ring (bicyclic) bond motifs is 1. The Hall–Kier alpha value is -1.90. The second-order valence-corrected chi connectivity index (χ2v) is 5.12. The number of H-pyrrole nitrogens is 1. The summed E-state index contributed by atoms with van der Waals surface area (Å²) in [6.45, 7) is 10.9. The van der Waals surface area contributed by atoms with Gasteiger partial charge in [-0.1, -0.05) is 20.4 Å². The Kier molecular flexibility index (Phi) is 3.32. The van der Waals surface area contributed by atoms with Gasteiger partial charge in [-0.2, -0.15) is 0 Å². The Morgan fingerprint density at radius 2 is 2.11 bits per heavy atom. The fraction of sp³-hybridized carbons (Fsp3) is 0.333. The molecule has 0 aliphatic heterocycles. The van der Waals surface area contributed by atoms with E-state index in [1.807, 2.05) is 0 Å². The zero-order valence-corrected chi connectivity index (χ0v) is 11.3.